The molecule has 1 aliphatic carbocycles. The molecule has 6 heteroatoms. The summed E-state index contributed by atoms with van der Waals surface area (Å²) in [5, 5.41) is 11.6. The summed E-state index contributed by atoms with van der Waals surface area (Å²) in [7, 11) is 1.57. The van der Waals surface area contributed by atoms with E-state index in [1.165, 1.54) is 29.2 Å². The van der Waals surface area contributed by atoms with Gasteiger partial charge in [0.25, 0.3) is 0 Å². The van der Waals surface area contributed by atoms with Gasteiger partial charge in [-0.15, -0.1) is 0 Å². The Balaban J connectivity index is 1.94. The number of aliphatic carboxylic acids is 1. The molecule has 0 saturated carbocycles. The van der Waals surface area contributed by atoms with Crippen LogP contribution in [0.25, 0.3) is 0 Å². The van der Waals surface area contributed by atoms with Gasteiger partial charge in [0, 0.05) is 12.7 Å². The Bertz CT molecular complexity index is 542. The number of carbonyl (C=O) groups excluding carboxylic acids is 1. The number of nitrogens with zero attached hydrogens (tertiary/aromatic N) is 1. The first kappa shape index (κ1) is 14.0. The number of benzene rings is 1. The Hall–Kier alpha value is -2.37. The van der Waals surface area contributed by atoms with Crippen molar-refractivity contribution in [3.05, 3.63) is 42.2 Å². The van der Waals surface area contributed by atoms with E-state index in [-0.39, 0.29) is 17.9 Å². The fourth-order valence-electron chi connectivity index (χ4n) is 2.03. The van der Waals surface area contributed by atoms with Crippen LogP contribution < -0.4 is 10.2 Å². The van der Waals surface area contributed by atoms with E-state index >= 15 is 0 Å². The highest BCUT2D eigenvalue weighted by Gasteiger charge is 2.26. The van der Waals surface area contributed by atoms with Crippen molar-refractivity contribution in [3.8, 4) is 0 Å². The Morgan fingerprint density at radius 3 is 2.50 bits per heavy atom. The van der Waals surface area contributed by atoms with Gasteiger partial charge in [0.15, 0.2) is 0 Å². The topological polar surface area (TPSA) is 69.6 Å². The van der Waals surface area contributed by atoms with E-state index in [1.54, 1.807) is 19.2 Å². The average Bonchev–Trinajstić information content (AvgIpc) is 2.87. The lowest BCUT2D eigenvalue weighted by Crippen LogP contribution is -2.42. The molecule has 2 amide bonds. The van der Waals surface area contributed by atoms with Crippen molar-refractivity contribution in [2.45, 2.75) is 12.5 Å². The minimum Gasteiger partial charge on any atom is -0.481 e. The first-order valence-electron chi connectivity index (χ1n) is 6.18. The first-order chi connectivity index (χ1) is 9.47. The van der Waals surface area contributed by atoms with Gasteiger partial charge in [-0.3, -0.25) is 9.69 Å². The second-order valence-electron chi connectivity index (χ2n) is 4.66. The monoisotopic (exact) mass is 278 g/mol. The second-order valence-corrected chi connectivity index (χ2v) is 4.66. The third-order valence-corrected chi connectivity index (χ3v) is 3.23. The Kier molecular flexibility index (Phi) is 4.02. The summed E-state index contributed by atoms with van der Waals surface area (Å²) in [6.07, 6.45) is 3.60. The molecule has 2 atom stereocenters. The van der Waals surface area contributed by atoms with Gasteiger partial charge in [-0.1, -0.05) is 12.2 Å². The van der Waals surface area contributed by atoms with E-state index in [2.05, 4.69) is 5.32 Å². The maximum absolute atomic E-state index is 12.8. The van der Waals surface area contributed by atoms with Crippen LogP contribution in [0.15, 0.2) is 36.4 Å². The quantitative estimate of drug-likeness (QED) is 0.831. The van der Waals surface area contributed by atoms with Crippen LogP contribution in [0.2, 0.25) is 0 Å². The summed E-state index contributed by atoms with van der Waals surface area (Å²) in [5.41, 5.74) is 0.556. The molecule has 106 valence electrons. The normalized spacial score (nSPS) is 20.7. The number of carbonyl (C=O) groups is 2. The molecule has 0 saturated heterocycles. The van der Waals surface area contributed by atoms with E-state index in [0.29, 0.717) is 12.1 Å². The highest BCUT2D eigenvalue weighted by Crippen LogP contribution is 2.19. The molecular weight excluding hydrogens is 263 g/mol. The lowest BCUT2D eigenvalue weighted by atomic mass is 10.1. The summed E-state index contributed by atoms with van der Waals surface area (Å²) in [6.45, 7) is 0. The van der Waals surface area contributed by atoms with Gasteiger partial charge in [0.05, 0.1) is 12.0 Å². The standard InChI is InChI=1S/C14H15FN2O3/c1-17(12-6-3-10(15)4-7-12)14(20)16-11-5-2-9(8-11)13(18)19/h2-7,9,11H,8H2,1H3,(H,16,20)(H,18,19). The van der Waals surface area contributed by atoms with Crippen LogP contribution in [-0.2, 0) is 4.79 Å². The molecule has 0 spiro atoms. The molecule has 20 heavy (non-hydrogen) atoms. The van der Waals surface area contributed by atoms with Crippen LogP contribution >= 0.6 is 0 Å². The van der Waals surface area contributed by atoms with Gasteiger partial charge in [0.2, 0.25) is 0 Å². The molecule has 0 fully saturated rings. The zero-order valence-corrected chi connectivity index (χ0v) is 10.9. The number of amides is 2. The summed E-state index contributed by atoms with van der Waals surface area (Å²) in [5.74, 6) is -1.83. The minimum atomic E-state index is -0.898. The Morgan fingerprint density at radius 1 is 1.30 bits per heavy atom. The smallest absolute Gasteiger partial charge is 0.322 e. The van der Waals surface area contributed by atoms with Crippen LogP contribution in [0.1, 0.15) is 6.42 Å². The average molecular weight is 278 g/mol. The molecule has 2 rings (SSSR count). The molecule has 0 bridgehead atoms. The van der Waals surface area contributed by atoms with Gasteiger partial charge in [-0.05, 0) is 30.7 Å². The molecule has 2 unspecified atom stereocenters. The summed E-state index contributed by atoms with van der Waals surface area (Å²) in [6, 6.07) is 4.88. The van der Waals surface area contributed by atoms with Crippen LogP contribution in [-0.4, -0.2) is 30.2 Å². The minimum absolute atomic E-state index is 0.300. The van der Waals surface area contributed by atoms with Crippen molar-refractivity contribution in [2.75, 3.05) is 11.9 Å². The predicted molar refractivity (Wildman–Crippen MR) is 72.0 cm³/mol. The Labute approximate surface area is 115 Å². The molecule has 1 aromatic carbocycles. The molecule has 1 aromatic rings. The van der Waals surface area contributed by atoms with Crippen molar-refractivity contribution in [1.29, 1.82) is 0 Å². The lowest BCUT2D eigenvalue weighted by Gasteiger charge is -2.20. The number of nitrogens with one attached hydrogen (secondary N) is 1. The van der Waals surface area contributed by atoms with Crippen LogP contribution in [0.4, 0.5) is 14.9 Å². The van der Waals surface area contributed by atoms with Crippen LogP contribution in [0, 0.1) is 11.7 Å². The molecule has 0 aromatic heterocycles. The largest absolute Gasteiger partial charge is 0.481 e. The number of carboxylic acid groups (broad SMARTS) is 1. The molecule has 0 aliphatic heterocycles. The van der Waals surface area contributed by atoms with E-state index in [1.807, 2.05) is 0 Å². The summed E-state index contributed by atoms with van der Waals surface area (Å²) < 4.78 is 12.8. The van der Waals surface area contributed by atoms with E-state index in [4.69, 9.17) is 5.11 Å². The van der Waals surface area contributed by atoms with Crippen molar-refractivity contribution < 1.29 is 19.1 Å². The molecule has 5 nitrogen and oxygen atoms in total. The number of hydrogen-bond acceptors (Lipinski definition) is 2. The highest BCUT2D eigenvalue weighted by molar-refractivity contribution is 5.91. The SMILES string of the molecule is CN(C(=O)NC1C=CC(C(=O)O)C1)c1ccc(F)cc1. The van der Waals surface area contributed by atoms with Crippen molar-refractivity contribution in [2.24, 2.45) is 5.92 Å². The van der Waals surface area contributed by atoms with E-state index in [9.17, 15) is 14.0 Å². The third-order valence-electron chi connectivity index (χ3n) is 3.23. The number of hydrogen-bond donors (Lipinski definition) is 2. The third kappa shape index (κ3) is 3.14. The predicted octanol–water partition coefficient (Wildman–Crippen LogP) is 2.00. The van der Waals surface area contributed by atoms with Gasteiger partial charge in [-0.2, -0.15) is 0 Å². The van der Waals surface area contributed by atoms with Crippen LogP contribution in [0.5, 0.6) is 0 Å². The second kappa shape index (κ2) is 5.73. The van der Waals surface area contributed by atoms with Crippen molar-refractivity contribution >= 4 is 17.7 Å². The van der Waals surface area contributed by atoms with Gasteiger partial charge < -0.3 is 10.4 Å². The number of rotatable bonds is 3. The Morgan fingerprint density at radius 2 is 1.95 bits per heavy atom. The van der Waals surface area contributed by atoms with Gasteiger partial charge in [0.1, 0.15) is 5.82 Å². The van der Waals surface area contributed by atoms with Gasteiger partial charge in [-0.25, -0.2) is 9.18 Å². The maximum atomic E-state index is 12.8. The van der Waals surface area contributed by atoms with Crippen molar-refractivity contribution in [1.82, 2.24) is 5.32 Å². The van der Waals surface area contributed by atoms with Gasteiger partial charge >= 0.3 is 12.0 Å². The fourth-order valence-corrected chi connectivity index (χ4v) is 2.03. The molecule has 0 heterocycles. The summed E-state index contributed by atoms with van der Waals surface area (Å²) >= 11 is 0. The summed E-state index contributed by atoms with van der Waals surface area (Å²) in [4.78, 5) is 24.2. The number of carboxylic acids is 1. The number of halogens is 1. The molecule has 1 aliphatic rings. The fraction of sp³-hybridized carbons (Fsp3) is 0.286. The molecular formula is C14H15FN2O3. The lowest BCUT2D eigenvalue weighted by molar-refractivity contribution is -0.140. The van der Waals surface area contributed by atoms with E-state index < -0.39 is 11.9 Å². The van der Waals surface area contributed by atoms with Crippen LogP contribution in [0.3, 0.4) is 0 Å². The zero-order chi connectivity index (χ0) is 14.7. The zero-order valence-electron chi connectivity index (χ0n) is 10.9. The maximum Gasteiger partial charge on any atom is 0.322 e. The highest BCUT2D eigenvalue weighted by atomic mass is 19.1. The molecule has 0 radical (unpaired) electrons. The number of urea groups is 1. The number of anilines is 1. The van der Waals surface area contributed by atoms with Crippen molar-refractivity contribution in [3.63, 3.8) is 0 Å². The first-order valence-corrected chi connectivity index (χ1v) is 6.18. The van der Waals surface area contributed by atoms with E-state index in [0.717, 1.165) is 0 Å². The molecule has 2 N–H and O–H groups in total.